The summed E-state index contributed by atoms with van der Waals surface area (Å²) in [5.41, 5.74) is 1.46. The number of amides is 1. The van der Waals surface area contributed by atoms with Gasteiger partial charge in [0.05, 0.1) is 12.8 Å². The third-order valence-electron chi connectivity index (χ3n) is 4.13. The molecule has 0 fully saturated rings. The van der Waals surface area contributed by atoms with Crippen LogP contribution in [-0.2, 0) is 4.79 Å². The molecule has 0 spiro atoms. The summed E-state index contributed by atoms with van der Waals surface area (Å²) in [5.74, 6) is -0.701. The van der Waals surface area contributed by atoms with E-state index in [2.05, 4.69) is 24.1 Å². The third-order valence-corrected chi connectivity index (χ3v) is 4.13. The van der Waals surface area contributed by atoms with E-state index < -0.39 is 11.7 Å². The number of ether oxygens (including phenoxy) is 1. The van der Waals surface area contributed by atoms with Crippen LogP contribution in [0.25, 0.3) is 6.08 Å². The number of hydrogen-bond donors (Lipinski definition) is 1. The van der Waals surface area contributed by atoms with Crippen molar-refractivity contribution in [3.8, 4) is 11.8 Å². The zero-order chi connectivity index (χ0) is 19.8. The number of halogens is 1. The first-order valence-electron chi connectivity index (χ1n) is 8.64. The highest BCUT2D eigenvalue weighted by atomic mass is 19.1. The maximum Gasteiger partial charge on any atom is 0.266 e. The molecule has 0 aliphatic heterocycles. The number of nitrogens with one attached hydrogen (secondary N) is 1. The topological polar surface area (TPSA) is 65.4 Å². The molecule has 0 bridgehead atoms. The predicted molar refractivity (Wildman–Crippen MR) is 105 cm³/mol. The molecule has 0 aliphatic rings. The van der Waals surface area contributed by atoms with Crippen molar-refractivity contribution in [2.75, 3.05) is 30.4 Å². The summed E-state index contributed by atoms with van der Waals surface area (Å²) in [4.78, 5) is 14.5. The van der Waals surface area contributed by atoms with E-state index >= 15 is 0 Å². The van der Waals surface area contributed by atoms with Crippen LogP contribution in [0, 0.1) is 17.1 Å². The fourth-order valence-corrected chi connectivity index (χ4v) is 2.66. The monoisotopic (exact) mass is 367 g/mol. The Kier molecular flexibility index (Phi) is 6.95. The molecule has 0 heterocycles. The van der Waals surface area contributed by atoms with Gasteiger partial charge in [-0.1, -0.05) is 12.1 Å². The smallest absolute Gasteiger partial charge is 0.266 e. The molecule has 27 heavy (non-hydrogen) atoms. The van der Waals surface area contributed by atoms with E-state index in [0.29, 0.717) is 11.3 Å². The van der Waals surface area contributed by atoms with Gasteiger partial charge in [0.1, 0.15) is 23.2 Å². The molecule has 0 saturated heterocycles. The maximum absolute atomic E-state index is 13.7. The summed E-state index contributed by atoms with van der Waals surface area (Å²) in [6.45, 7) is 5.82. The molecule has 1 amide bonds. The van der Waals surface area contributed by atoms with Gasteiger partial charge in [0.25, 0.3) is 5.91 Å². The summed E-state index contributed by atoms with van der Waals surface area (Å²) in [5, 5.41) is 11.8. The number of benzene rings is 2. The van der Waals surface area contributed by atoms with E-state index in [-0.39, 0.29) is 11.3 Å². The Balaban J connectivity index is 2.32. The van der Waals surface area contributed by atoms with E-state index in [1.54, 1.807) is 12.1 Å². The Morgan fingerprint density at radius 1 is 1.26 bits per heavy atom. The maximum atomic E-state index is 13.7. The summed E-state index contributed by atoms with van der Waals surface area (Å²) in [6, 6.07) is 13.2. The largest absolute Gasteiger partial charge is 0.496 e. The van der Waals surface area contributed by atoms with Gasteiger partial charge in [-0.3, -0.25) is 4.79 Å². The Morgan fingerprint density at radius 3 is 2.56 bits per heavy atom. The molecule has 6 heteroatoms. The molecule has 2 aromatic carbocycles. The molecule has 5 nitrogen and oxygen atoms in total. The number of nitriles is 1. The lowest BCUT2D eigenvalue weighted by Gasteiger charge is -2.22. The van der Waals surface area contributed by atoms with Crippen LogP contribution >= 0.6 is 0 Å². The van der Waals surface area contributed by atoms with Crippen molar-refractivity contribution in [1.82, 2.24) is 0 Å². The summed E-state index contributed by atoms with van der Waals surface area (Å²) in [7, 11) is 1.53. The Hall–Kier alpha value is -3.33. The van der Waals surface area contributed by atoms with Crippen LogP contribution in [0.15, 0.2) is 48.0 Å². The van der Waals surface area contributed by atoms with Gasteiger partial charge in [-0.15, -0.1) is 0 Å². The number of hydrogen-bond acceptors (Lipinski definition) is 4. The Morgan fingerprint density at radius 2 is 1.96 bits per heavy atom. The van der Waals surface area contributed by atoms with Crippen molar-refractivity contribution >= 4 is 23.4 Å². The highest BCUT2D eigenvalue weighted by molar-refractivity contribution is 6.09. The third kappa shape index (κ3) is 4.85. The zero-order valence-electron chi connectivity index (χ0n) is 15.6. The Bertz CT molecular complexity index is 883. The fraction of sp³-hybridized carbons (Fsp3) is 0.238. The molecule has 0 unspecified atom stereocenters. The van der Waals surface area contributed by atoms with E-state index in [1.165, 1.54) is 31.4 Å². The first-order valence-corrected chi connectivity index (χ1v) is 8.64. The van der Waals surface area contributed by atoms with Crippen LogP contribution in [0.5, 0.6) is 5.75 Å². The summed E-state index contributed by atoms with van der Waals surface area (Å²) >= 11 is 0. The molecular weight excluding hydrogens is 345 g/mol. The molecule has 0 aliphatic carbocycles. The first-order chi connectivity index (χ1) is 13.0. The average molecular weight is 367 g/mol. The normalized spacial score (nSPS) is 10.9. The quantitative estimate of drug-likeness (QED) is 0.588. The lowest BCUT2D eigenvalue weighted by molar-refractivity contribution is -0.112. The van der Waals surface area contributed by atoms with Gasteiger partial charge >= 0.3 is 0 Å². The summed E-state index contributed by atoms with van der Waals surface area (Å²) in [6.07, 6.45) is 1.43. The fourth-order valence-electron chi connectivity index (χ4n) is 2.66. The highest BCUT2D eigenvalue weighted by Gasteiger charge is 2.14. The number of para-hydroxylation sites is 1. The van der Waals surface area contributed by atoms with E-state index in [9.17, 15) is 14.4 Å². The molecule has 1 N–H and O–H groups in total. The number of nitrogens with zero attached hydrogens (tertiary/aromatic N) is 2. The molecule has 0 radical (unpaired) electrons. The average Bonchev–Trinajstić information content (AvgIpc) is 2.69. The van der Waals surface area contributed by atoms with Gasteiger partial charge in [-0.25, -0.2) is 4.39 Å². The standard InChI is InChI=1S/C21H22FN3O2/c1-4-25(5-2)17-11-10-15(20(13-17)27-3)12-16(14-23)21(26)24-19-9-7-6-8-18(19)22/h6-13H,4-5H2,1-3H3,(H,24,26)/b16-12+. The van der Waals surface area contributed by atoms with Gasteiger partial charge in [-0.2, -0.15) is 5.26 Å². The van der Waals surface area contributed by atoms with Crippen molar-refractivity contribution in [2.24, 2.45) is 0 Å². The van der Waals surface area contributed by atoms with Gasteiger partial charge in [0, 0.05) is 30.4 Å². The number of carbonyl (C=O) groups is 1. The second kappa shape index (κ2) is 9.39. The van der Waals surface area contributed by atoms with Gasteiger partial charge in [-0.05, 0) is 44.2 Å². The van der Waals surface area contributed by atoms with Crippen LogP contribution < -0.4 is 15.0 Å². The van der Waals surface area contributed by atoms with Crippen LogP contribution in [0.4, 0.5) is 15.8 Å². The van der Waals surface area contributed by atoms with E-state index in [0.717, 1.165) is 18.8 Å². The van der Waals surface area contributed by atoms with Gasteiger partial charge in [0.15, 0.2) is 0 Å². The van der Waals surface area contributed by atoms with Crippen LogP contribution in [0.2, 0.25) is 0 Å². The van der Waals surface area contributed by atoms with Crippen molar-refractivity contribution < 1.29 is 13.9 Å². The lowest BCUT2D eigenvalue weighted by Crippen LogP contribution is -2.21. The number of methoxy groups -OCH3 is 1. The van der Waals surface area contributed by atoms with Crippen molar-refractivity contribution in [3.63, 3.8) is 0 Å². The highest BCUT2D eigenvalue weighted by Crippen LogP contribution is 2.27. The zero-order valence-corrected chi connectivity index (χ0v) is 15.6. The molecule has 0 atom stereocenters. The minimum Gasteiger partial charge on any atom is -0.496 e. The minimum absolute atomic E-state index is 0.0208. The lowest BCUT2D eigenvalue weighted by atomic mass is 10.1. The molecule has 2 rings (SSSR count). The van der Waals surface area contributed by atoms with Gasteiger partial charge < -0.3 is 15.0 Å². The molecular formula is C21H22FN3O2. The molecule has 2 aromatic rings. The van der Waals surface area contributed by atoms with Crippen LogP contribution in [0.1, 0.15) is 19.4 Å². The van der Waals surface area contributed by atoms with E-state index in [1.807, 2.05) is 18.2 Å². The van der Waals surface area contributed by atoms with Crippen molar-refractivity contribution in [2.45, 2.75) is 13.8 Å². The number of carbonyl (C=O) groups excluding carboxylic acids is 1. The second-order valence-electron chi connectivity index (χ2n) is 5.70. The number of anilines is 2. The van der Waals surface area contributed by atoms with Gasteiger partial charge in [0.2, 0.25) is 0 Å². The molecule has 0 aromatic heterocycles. The molecule has 0 saturated carbocycles. The van der Waals surface area contributed by atoms with Crippen molar-refractivity contribution in [1.29, 1.82) is 5.26 Å². The minimum atomic E-state index is -0.683. The molecule has 140 valence electrons. The number of rotatable bonds is 7. The Labute approximate surface area is 158 Å². The van der Waals surface area contributed by atoms with Crippen LogP contribution in [-0.4, -0.2) is 26.1 Å². The SMILES string of the molecule is CCN(CC)c1ccc(/C=C(\C#N)C(=O)Nc2ccccc2F)c(OC)c1. The second-order valence-corrected chi connectivity index (χ2v) is 5.70. The first kappa shape index (κ1) is 20.0. The summed E-state index contributed by atoms with van der Waals surface area (Å²) < 4.78 is 19.1. The van der Waals surface area contributed by atoms with Crippen LogP contribution in [0.3, 0.4) is 0 Å². The van der Waals surface area contributed by atoms with Crippen molar-refractivity contribution in [3.05, 3.63) is 59.4 Å². The van der Waals surface area contributed by atoms with E-state index in [4.69, 9.17) is 4.74 Å². The predicted octanol–water partition coefficient (Wildman–Crippen LogP) is 4.23.